The average Bonchev–Trinajstić information content (AvgIpc) is 3.12. The predicted octanol–water partition coefficient (Wildman–Crippen LogP) is 7.18. The highest BCUT2D eigenvalue weighted by atomic mass is 35.5. The minimum atomic E-state index is -0.0878. The standard InChI is InChI=1S/C22H22ClN3S3/c1-3-5-11-25-29(4-2)17-9-10-19-18(13-17)26-20(15-7-6-8-16(23)12-15)21-22(28-19)27-14-24-21/h4,6-10,12-14,25H,3,5,11H2,1-2H3. The van der Waals surface area contributed by atoms with Crippen molar-refractivity contribution >= 4 is 62.1 Å². The molecule has 4 rings (SSSR count). The Morgan fingerprint density at radius 1 is 1.21 bits per heavy atom. The van der Waals surface area contributed by atoms with E-state index in [2.05, 4.69) is 47.1 Å². The van der Waals surface area contributed by atoms with Gasteiger partial charge in [-0.05, 0) is 49.0 Å². The Kier molecular flexibility index (Phi) is 6.88. The Balaban J connectivity index is 1.78. The van der Waals surface area contributed by atoms with Crippen LogP contribution in [-0.4, -0.2) is 22.6 Å². The van der Waals surface area contributed by atoms with Crippen LogP contribution >= 0.6 is 45.4 Å². The molecule has 1 atom stereocenters. The summed E-state index contributed by atoms with van der Waals surface area (Å²) in [5.41, 5.74) is 5.68. The van der Waals surface area contributed by atoms with Gasteiger partial charge in [-0.2, -0.15) is 0 Å². The number of nitrogens with one attached hydrogen (secondary N) is 1. The monoisotopic (exact) mass is 459 g/mol. The molecular weight excluding hydrogens is 438 g/mol. The lowest BCUT2D eigenvalue weighted by atomic mass is 10.1. The van der Waals surface area contributed by atoms with Gasteiger partial charge in [0.15, 0.2) is 0 Å². The zero-order valence-electron chi connectivity index (χ0n) is 16.3. The highest BCUT2D eigenvalue weighted by molar-refractivity contribution is 8.13. The number of unbranched alkanes of at least 4 members (excludes halogenated alkanes) is 1. The summed E-state index contributed by atoms with van der Waals surface area (Å²) in [6.45, 7) is 5.35. The van der Waals surface area contributed by atoms with Gasteiger partial charge in [0.05, 0.1) is 21.1 Å². The molecule has 0 saturated heterocycles. The maximum Gasteiger partial charge on any atom is 0.114 e. The smallest absolute Gasteiger partial charge is 0.114 e. The third-order valence-electron chi connectivity index (χ3n) is 4.50. The number of hydrogen-bond acceptors (Lipinski definition) is 5. The minimum absolute atomic E-state index is 0.0878. The van der Waals surface area contributed by atoms with E-state index in [9.17, 15) is 0 Å². The van der Waals surface area contributed by atoms with Crippen LogP contribution in [0.15, 0.2) is 67.0 Å². The van der Waals surface area contributed by atoms with Gasteiger partial charge in [-0.15, -0.1) is 11.3 Å². The third kappa shape index (κ3) is 4.67. The van der Waals surface area contributed by atoms with E-state index in [1.165, 1.54) is 17.7 Å². The summed E-state index contributed by atoms with van der Waals surface area (Å²) in [6, 6.07) is 14.5. The molecule has 3 aromatic rings. The van der Waals surface area contributed by atoms with Crippen LogP contribution in [0, 0.1) is 0 Å². The first-order chi connectivity index (χ1) is 14.2. The summed E-state index contributed by atoms with van der Waals surface area (Å²) in [4.78, 5) is 12.1. The molecule has 2 aromatic carbocycles. The van der Waals surface area contributed by atoms with E-state index in [0.29, 0.717) is 5.02 Å². The van der Waals surface area contributed by atoms with Crippen LogP contribution in [0.25, 0.3) is 0 Å². The fourth-order valence-corrected chi connectivity index (χ4v) is 6.56. The zero-order chi connectivity index (χ0) is 20.2. The number of halogens is 1. The lowest BCUT2D eigenvalue weighted by Crippen LogP contribution is -2.08. The van der Waals surface area contributed by atoms with Crippen molar-refractivity contribution in [1.82, 2.24) is 9.71 Å². The van der Waals surface area contributed by atoms with E-state index in [1.807, 2.05) is 29.8 Å². The van der Waals surface area contributed by atoms with Crippen LogP contribution in [0.3, 0.4) is 0 Å². The second kappa shape index (κ2) is 9.58. The highest BCUT2D eigenvalue weighted by Crippen LogP contribution is 2.44. The number of fused-ring (bicyclic) bond motifs is 2. The van der Waals surface area contributed by atoms with Crippen molar-refractivity contribution in [3.05, 3.63) is 64.3 Å². The zero-order valence-corrected chi connectivity index (χ0v) is 19.5. The molecule has 1 aliphatic heterocycles. The first-order valence-corrected chi connectivity index (χ1v) is 12.9. The van der Waals surface area contributed by atoms with Crippen molar-refractivity contribution in [2.75, 3.05) is 6.54 Å². The highest BCUT2D eigenvalue weighted by Gasteiger charge is 2.22. The van der Waals surface area contributed by atoms with Gasteiger partial charge >= 0.3 is 0 Å². The molecule has 150 valence electrons. The molecule has 0 radical (unpaired) electrons. The number of aliphatic imine (C=N–C) groups is 1. The van der Waals surface area contributed by atoms with Gasteiger partial charge in [-0.25, -0.2) is 9.98 Å². The molecule has 3 nitrogen and oxygen atoms in total. The number of rotatable bonds is 6. The molecule has 29 heavy (non-hydrogen) atoms. The van der Waals surface area contributed by atoms with Crippen molar-refractivity contribution < 1.29 is 0 Å². The first-order valence-electron chi connectivity index (χ1n) is 9.56. The van der Waals surface area contributed by atoms with E-state index in [-0.39, 0.29) is 10.7 Å². The Hall–Kier alpha value is -1.44. The lowest BCUT2D eigenvalue weighted by Gasteiger charge is -2.13. The third-order valence-corrected chi connectivity index (χ3v) is 8.58. The Morgan fingerprint density at radius 2 is 2.10 bits per heavy atom. The molecule has 0 bridgehead atoms. The van der Waals surface area contributed by atoms with Crippen molar-refractivity contribution in [3.8, 4) is 0 Å². The summed E-state index contributed by atoms with van der Waals surface area (Å²) in [5, 5.41) is 2.94. The molecule has 1 aliphatic rings. The predicted molar refractivity (Wildman–Crippen MR) is 130 cm³/mol. The molecule has 2 heterocycles. The molecule has 0 aliphatic carbocycles. The van der Waals surface area contributed by atoms with Gasteiger partial charge in [0.2, 0.25) is 0 Å². The van der Waals surface area contributed by atoms with Crippen LogP contribution in [0.2, 0.25) is 5.02 Å². The summed E-state index contributed by atoms with van der Waals surface area (Å²) in [7, 11) is -0.0878. The van der Waals surface area contributed by atoms with Gasteiger partial charge in [0.25, 0.3) is 0 Å². The van der Waals surface area contributed by atoms with Crippen LogP contribution < -0.4 is 4.72 Å². The first kappa shape index (κ1) is 20.8. The van der Waals surface area contributed by atoms with Crippen LogP contribution in [0.5, 0.6) is 0 Å². The molecule has 7 heteroatoms. The average molecular weight is 460 g/mol. The van der Waals surface area contributed by atoms with Crippen LogP contribution in [0.1, 0.15) is 37.9 Å². The molecule has 1 unspecified atom stereocenters. The molecule has 0 amide bonds. The molecule has 1 N–H and O–H groups in total. The van der Waals surface area contributed by atoms with Crippen molar-refractivity contribution in [1.29, 1.82) is 0 Å². The van der Waals surface area contributed by atoms with Crippen LogP contribution in [0.4, 0.5) is 5.69 Å². The van der Waals surface area contributed by atoms with Crippen molar-refractivity contribution in [3.63, 3.8) is 0 Å². The van der Waals surface area contributed by atoms with E-state index in [1.54, 1.807) is 23.1 Å². The molecule has 1 aromatic heterocycles. The molecule has 0 saturated carbocycles. The summed E-state index contributed by atoms with van der Waals surface area (Å²) >= 11 is 9.66. The molecule has 0 spiro atoms. The molecular formula is C22H22ClN3S3. The van der Waals surface area contributed by atoms with Crippen molar-refractivity contribution in [2.45, 2.75) is 40.7 Å². The normalized spacial score (nSPS) is 14.1. The number of benzene rings is 2. The fourth-order valence-electron chi connectivity index (χ4n) is 3.05. The summed E-state index contributed by atoms with van der Waals surface area (Å²) < 4.78 is 4.82. The van der Waals surface area contributed by atoms with E-state index >= 15 is 0 Å². The quantitative estimate of drug-likeness (QED) is 0.245. The second-order valence-corrected chi connectivity index (χ2v) is 11.0. The maximum atomic E-state index is 6.26. The van der Waals surface area contributed by atoms with E-state index in [4.69, 9.17) is 16.6 Å². The van der Waals surface area contributed by atoms with Crippen molar-refractivity contribution in [2.24, 2.45) is 4.99 Å². The summed E-state index contributed by atoms with van der Waals surface area (Å²) in [5.74, 6) is 0. The van der Waals surface area contributed by atoms with E-state index in [0.717, 1.165) is 38.3 Å². The largest absolute Gasteiger partial charge is 0.266 e. The van der Waals surface area contributed by atoms with E-state index < -0.39 is 0 Å². The summed E-state index contributed by atoms with van der Waals surface area (Å²) in [6.07, 6.45) is 2.37. The number of thiazole rings is 1. The van der Waals surface area contributed by atoms with Gasteiger partial charge in [-0.3, -0.25) is 4.72 Å². The molecule has 0 fully saturated rings. The SMILES string of the molecule is C/C=S(/NCCCC)c1ccc2c(c1)N=C(c1cccc(Cl)c1)c1ncsc1S2. The maximum absolute atomic E-state index is 6.26. The van der Waals surface area contributed by atoms with Gasteiger partial charge in [0.1, 0.15) is 5.69 Å². The number of nitrogens with zero attached hydrogens (tertiary/aromatic N) is 2. The number of hydrogen-bond donors (Lipinski definition) is 1. The Bertz CT molecular complexity index is 1090. The van der Waals surface area contributed by atoms with Gasteiger partial charge in [-0.1, -0.05) is 59.5 Å². The number of aromatic nitrogens is 1. The fraction of sp³-hybridized carbons (Fsp3) is 0.227. The topological polar surface area (TPSA) is 37.3 Å². The van der Waals surface area contributed by atoms with Gasteiger partial charge in [0, 0.05) is 26.9 Å². The van der Waals surface area contributed by atoms with Gasteiger partial charge < -0.3 is 0 Å². The second-order valence-electron chi connectivity index (χ2n) is 6.51. The Labute approximate surface area is 187 Å². The van der Waals surface area contributed by atoms with Crippen LogP contribution in [-0.2, 0) is 0 Å². The Morgan fingerprint density at radius 3 is 2.90 bits per heavy atom. The lowest BCUT2D eigenvalue weighted by molar-refractivity contribution is 0.775. The minimum Gasteiger partial charge on any atom is -0.266 e.